The molecule has 0 spiro atoms. The van der Waals surface area contributed by atoms with Crippen LogP contribution in [0.1, 0.15) is 317 Å². The lowest BCUT2D eigenvalue weighted by molar-refractivity contribution is 0.218. The Morgan fingerprint density at radius 2 is 0.304 bits per heavy atom. The molecule has 0 saturated heterocycles. The molecule has 0 bridgehead atoms. The largest absolute Gasteiger partial charge is 0.317 e. The SMILES string of the molecule is CCCCCCCCCCCCNCCCN(CCCNCCCCCCCCCCCC)CCCN(CCCNCCCCCCCCCCCC)CCCNCCCCCCCCCCCC. The van der Waals surface area contributed by atoms with Gasteiger partial charge in [-0.15, -0.1) is 0 Å². The first-order chi connectivity index (χ1) is 34.3. The van der Waals surface area contributed by atoms with E-state index in [1.165, 1.54) is 381 Å². The van der Waals surface area contributed by atoms with Gasteiger partial charge in [-0.05, 0) is 149 Å². The van der Waals surface area contributed by atoms with Crippen LogP contribution in [-0.4, -0.2) is 101 Å². The van der Waals surface area contributed by atoms with Gasteiger partial charge in [-0.25, -0.2) is 0 Å². The standard InChI is InChI=1S/C63H134N6/c1-5-9-13-17-21-25-29-33-37-41-50-64-54-45-58-68(59-46-55-65-51-42-38-34-30-26-22-18-14-10-6-2)62-49-63-69(60-47-56-66-52-43-39-35-31-27-23-19-15-11-7-3)61-48-57-67-53-44-40-36-32-28-24-20-16-12-8-4/h64-67H,5-63H2,1-4H3. The van der Waals surface area contributed by atoms with Crippen molar-refractivity contribution in [3.05, 3.63) is 0 Å². The van der Waals surface area contributed by atoms with Gasteiger partial charge < -0.3 is 31.1 Å². The molecule has 0 fully saturated rings. The molecule has 0 aliphatic carbocycles. The summed E-state index contributed by atoms with van der Waals surface area (Å²) in [5, 5.41) is 15.3. The van der Waals surface area contributed by atoms with Gasteiger partial charge >= 0.3 is 0 Å². The quantitative estimate of drug-likeness (QED) is 0.0456. The molecule has 0 amide bonds. The van der Waals surface area contributed by atoms with Crippen LogP contribution in [0.2, 0.25) is 0 Å². The maximum Gasteiger partial charge on any atom is -0.000653 e. The average Bonchev–Trinajstić information content (AvgIpc) is 3.36. The first-order valence-corrected chi connectivity index (χ1v) is 32.6. The Kier molecular flexibility index (Phi) is 63.7. The van der Waals surface area contributed by atoms with Crippen LogP contribution in [0.15, 0.2) is 0 Å². The van der Waals surface area contributed by atoms with E-state index >= 15 is 0 Å². The van der Waals surface area contributed by atoms with E-state index in [2.05, 4.69) is 58.8 Å². The van der Waals surface area contributed by atoms with Crippen molar-refractivity contribution in [1.82, 2.24) is 31.1 Å². The maximum absolute atomic E-state index is 3.82. The van der Waals surface area contributed by atoms with Crippen LogP contribution in [0.3, 0.4) is 0 Å². The van der Waals surface area contributed by atoms with Gasteiger partial charge in [0.05, 0.1) is 0 Å². The highest BCUT2D eigenvalue weighted by atomic mass is 15.1. The minimum Gasteiger partial charge on any atom is -0.317 e. The minimum absolute atomic E-state index is 1.18. The second-order valence-electron chi connectivity index (χ2n) is 22.2. The number of unbranched alkanes of at least 4 members (excludes halogenated alkanes) is 36. The Morgan fingerprint density at radius 1 is 0.159 bits per heavy atom. The molecule has 6 nitrogen and oxygen atoms in total. The molecule has 6 heteroatoms. The monoisotopic (exact) mass is 975 g/mol. The molecule has 4 N–H and O–H groups in total. The van der Waals surface area contributed by atoms with E-state index < -0.39 is 0 Å². The summed E-state index contributed by atoms with van der Waals surface area (Å²) in [5.74, 6) is 0. The molecule has 0 atom stereocenters. The van der Waals surface area contributed by atoms with Gasteiger partial charge in [-0.2, -0.15) is 0 Å². The zero-order chi connectivity index (χ0) is 49.7. The molecular weight excluding hydrogens is 841 g/mol. The van der Waals surface area contributed by atoms with Crippen molar-refractivity contribution >= 4 is 0 Å². The van der Waals surface area contributed by atoms with Gasteiger partial charge in [0.2, 0.25) is 0 Å². The Labute approximate surface area is 437 Å². The smallest absolute Gasteiger partial charge is 0.000653 e. The third kappa shape index (κ3) is 60.2. The van der Waals surface area contributed by atoms with Gasteiger partial charge in [0.25, 0.3) is 0 Å². The van der Waals surface area contributed by atoms with Crippen LogP contribution in [0.25, 0.3) is 0 Å². The van der Waals surface area contributed by atoms with Gasteiger partial charge in [-0.1, -0.05) is 259 Å². The minimum atomic E-state index is 1.18. The molecule has 416 valence electrons. The highest BCUT2D eigenvalue weighted by Crippen LogP contribution is 2.14. The lowest BCUT2D eigenvalue weighted by Crippen LogP contribution is -2.35. The van der Waals surface area contributed by atoms with Gasteiger partial charge in [-0.3, -0.25) is 0 Å². The second-order valence-corrected chi connectivity index (χ2v) is 22.2. The van der Waals surface area contributed by atoms with Crippen molar-refractivity contribution in [3.63, 3.8) is 0 Å². The van der Waals surface area contributed by atoms with E-state index in [0.29, 0.717) is 0 Å². The Balaban J connectivity index is 4.75. The molecule has 0 unspecified atom stereocenters. The van der Waals surface area contributed by atoms with Gasteiger partial charge in [0.1, 0.15) is 0 Å². The van der Waals surface area contributed by atoms with E-state index in [1.807, 2.05) is 0 Å². The van der Waals surface area contributed by atoms with Crippen molar-refractivity contribution in [3.8, 4) is 0 Å². The number of rotatable bonds is 64. The Hall–Kier alpha value is -0.240. The molecule has 0 radical (unpaired) electrons. The van der Waals surface area contributed by atoms with Crippen LogP contribution in [0.5, 0.6) is 0 Å². The zero-order valence-electron chi connectivity index (χ0n) is 48.6. The van der Waals surface area contributed by atoms with Crippen molar-refractivity contribution in [1.29, 1.82) is 0 Å². The average molecular weight is 976 g/mol. The summed E-state index contributed by atoms with van der Waals surface area (Å²) in [7, 11) is 0. The van der Waals surface area contributed by atoms with E-state index in [1.54, 1.807) is 0 Å². The summed E-state index contributed by atoms with van der Waals surface area (Å²) < 4.78 is 0. The van der Waals surface area contributed by atoms with Crippen molar-refractivity contribution in [2.45, 2.75) is 317 Å². The van der Waals surface area contributed by atoms with Gasteiger partial charge in [0, 0.05) is 0 Å². The lowest BCUT2D eigenvalue weighted by Gasteiger charge is -2.26. The predicted molar refractivity (Wildman–Crippen MR) is 315 cm³/mol. The van der Waals surface area contributed by atoms with Crippen molar-refractivity contribution in [2.24, 2.45) is 0 Å². The number of nitrogens with zero attached hydrogens (tertiary/aromatic N) is 2. The highest BCUT2D eigenvalue weighted by molar-refractivity contribution is 4.67. The molecule has 0 aromatic rings. The molecule has 0 heterocycles. The summed E-state index contributed by atoms with van der Waals surface area (Å²) in [6, 6.07) is 0. The van der Waals surface area contributed by atoms with Crippen LogP contribution < -0.4 is 21.3 Å². The topological polar surface area (TPSA) is 54.6 Å². The summed E-state index contributed by atoms with van der Waals surface area (Å²) >= 11 is 0. The first-order valence-electron chi connectivity index (χ1n) is 32.6. The zero-order valence-corrected chi connectivity index (χ0v) is 48.6. The molecule has 0 aromatic heterocycles. The summed E-state index contributed by atoms with van der Waals surface area (Å²) in [5.41, 5.74) is 0. The summed E-state index contributed by atoms with van der Waals surface area (Å²) in [6.45, 7) is 26.3. The van der Waals surface area contributed by atoms with Crippen LogP contribution in [-0.2, 0) is 0 Å². The molecule has 69 heavy (non-hydrogen) atoms. The Morgan fingerprint density at radius 3 is 0.493 bits per heavy atom. The first kappa shape index (κ1) is 68.8. The normalized spacial score (nSPS) is 11.9. The maximum atomic E-state index is 3.82. The molecule has 0 saturated carbocycles. The Bertz CT molecular complexity index is 740. The van der Waals surface area contributed by atoms with Crippen LogP contribution in [0.4, 0.5) is 0 Å². The molecule has 0 aliphatic rings. The van der Waals surface area contributed by atoms with Gasteiger partial charge in [0.15, 0.2) is 0 Å². The number of hydrogen-bond donors (Lipinski definition) is 4. The fourth-order valence-electron chi connectivity index (χ4n) is 10.3. The van der Waals surface area contributed by atoms with Crippen molar-refractivity contribution < 1.29 is 0 Å². The van der Waals surface area contributed by atoms with E-state index in [9.17, 15) is 0 Å². The predicted octanol–water partition coefficient (Wildman–Crippen LogP) is 17.6. The molecule has 0 aromatic carbocycles. The molecule has 0 rings (SSSR count). The lowest BCUT2D eigenvalue weighted by atomic mass is 10.1. The molecular formula is C63H134N6. The van der Waals surface area contributed by atoms with E-state index in [0.717, 1.165) is 0 Å². The highest BCUT2D eigenvalue weighted by Gasteiger charge is 2.09. The summed E-state index contributed by atoms with van der Waals surface area (Å²) in [4.78, 5) is 5.65. The molecule has 0 aliphatic heterocycles. The fourth-order valence-corrected chi connectivity index (χ4v) is 10.3. The van der Waals surface area contributed by atoms with E-state index in [4.69, 9.17) is 0 Å². The van der Waals surface area contributed by atoms with Crippen LogP contribution in [0, 0.1) is 0 Å². The van der Waals surface area contributed by atoms with Crippen molar-refractivity contribution in [2.75, 3.05) is 91.6 Å². The fraction of sp³-hybridized carbons (Fsp3) is 1.00. The second kappa shape index (κ2) is 63.9. The number of hydrogen-bond acceptors (Lipinski definition) is 6. The third-order valence-electron chi connectivity index (χ3n) is 15.1. The third-order valence-corrected chi connectivity index (χ3v) is 15.1. The van der Waals surface area contributed by atoms with Crippen LogP contribution >= 0.6 is 0 Å². The van der Waals surface area contributed by atoms with E-state index in [-0.39, 0.29) is 0 Å². The summed E-state index contributed by atoms with van der Waals surface area (Å²) in [6.07, 6.45) is 63.3. The number of nitrogens with one attached hydrogen (secondary N) is 4.